The summed E-state index contributed by atoms with van der Waals surface area (Å²) in [6.45, 7) is 3.70. The van der Waals surface area contributed by atoms with Gasteiger partial charge in [-0.05, 0) is 19.9 Å². The normalized spacial score (nSPS) is 12.5. The van der Waals surface area contributed by atoms with E-state index in [1.54, 1.807) is 6.20 Å². The smallest absolute Gasteiger partial charge is 0.357 e. The topological polar surface area (TPSA) is 37.8 Å². The molecule has 8 heteroatoms. The summed E-state index contributed by atoms with van der Waals surface area (Å²) in [5.74, 6) is 0.194. The van der Waals surface area contributed by atoms with Crippen LogP contribution in [0.15, 0.2) is 23.8 Å². The maximum atomic E-state index is 12.5. The first-order chi connectivity index (χ1) is 9.20. The van der Waals surface area contributed by atoms with E-state index in [2.05, 4.69) is 15.3 Å². The van der Waals surface area contributed by atoms with E-state index in [-0.39, 0.29) is 10.8 Å². The van der Waals surface area contributed by atoms with Gasteiger partial charge in [0.2, 0.25) is 0 Å². The molecular weight excluding hydrogens is 311 g/mol. The molecule has 0 aromatic carbocycles. The van der Waals surface area contributed by atoms with Crippen LogP contribution in [0.2, 0.25) is 5.02 Å². The highest BCUT2D eigenvalue weighted by atomic mass is 35.5. The Balaban J connectivity index is 2.27. The lowest BCUT2D eigenvalue weighted by Crippen LogP contribution is -2.28. The molecule has 0 amide bonds. The number of rotatable bonds is 3. The van der Waals surface area contributed by atoms with Crippen molar-refractivity contribution in [2.45, 2.75) is 25.6 Å². The molecule has 2 heterocycles. The van der Waals surface area contributed by atoms with Crippen LogP contribution in [-0.2, 0) is 11.7 Å². The zero-order valence-electron chi connectivity index (χ0n) is 10.6. The maximum Gasteiger partial charge on any atom is 0.417 e. The van der Waals surface area contributed by atoms with E-state index < -0.39 is 17.3 Å². The van der Waals surface area contributed by atoms with Crippen LogP contribution in [0.5, 0.6) is 0 Å². The summed E-state index contributed by atoms with van der Waals surface area (Å²) < 4.78 is 37.6. The Morgan fingerprint density at radius 1 is 1.25 bits per heavy atom. The Bertz CT molecular complexity index is 596. The molecule has 2 rings (SSSR count). The molecule has 1 N–H and O–H groups in total. The number of alkyl halides is 3. The first-order valence-corrected chi connectivity index (χ1v) is 6.87. The van der Waals surface area contributed by atoms with Crippen molar-refractivity contribution in [1.29, 1.82) is 0 Å². The van der Waals surface area contributed by atoms with Gasteiger partial charge in [0, 0.05) is 17.8 Å². The molecule has 0 aliphatic heterocycles. The van der Waals surface area contributed by atoms with E-state index in [9.17, 15) is 13.2 Å². The third-order valence-corrected chi connectivity index (χ3v) is 3.95. The summed E-state index contributed by atoms with van der Waals surface area (Å²) in [6, 6.07) is 0.856. The largest absolute Gasteiger partial charge is 0.417 e. The van der Waals surface area contributed by atoms with E-state index >= 15 is 0 Å². The van der Waals surface area contributed by atoms with Gasteiger partial charge < -0.3 is 5.32 Å². The first-order valence-electron chi connectivity index (χ1n) is 5.61. The summed E-state index contributed by atoms with van der Waals surface area (Å²) in [6.07, 6.45) is -2.04. The van der Waals surface area contributed by atoms with Crippen molar-refractivity contribution in [3.05, 3.63) is 39.4 Å². The van der Waals surface area contributed by atoms with Crippen LogP contribution in [0, 0.1) is 0 Å². The Morgan fingerprint density at radius 3 is 2.45 bits per heavy atom. The van der Waals surface area contributed by atoms with Gasteiger partial charge in [0.15, 0.2) is 0 Å². The Morgan fingerprint density at radius 2 is 1.95 bits per heavy atom. The standard InChI is InChI=1S/C12H11ClF3N3S/c1-11(2,10-17-3-4-20-10)19-9-8(13)5-7(6-18-9)12(14,15)16/h3-6H,1-2H3,(H,18,19). The van der Waals surface area contributed by atoms with Crippen LogP contribution in [0.4, 0.5) is 19.0 Å². The minimum Gasteiger partial charge on any atom is -0.357 e. The molecule has 0 saturated carbocycles. The van der Waals surface area contributed by atoms with E-state index in [0.29, 0.717) is 0 Å². The highest BCUT2D eigenvalue weighted by molar-refractivity contribution is 7.09. The Labute approximate surface area is 122 Å². The minimum atomic E-state index is -4.46. The number of pyridine rings is 1. The van der Waals surface area contributed by atoms with Crippen LogP contribution in [0.3, 0.4) is 0 Å². The summed E-state index contributed by atoms with van der Waals surface area (Å²) >= 11 is 7.30. The van der Waals surface area contributed by atoms with Crippen LogP contribution >= 0.6 is 22.9 Å². The van der Waals surface area contributed by atoms with Gasteiger partial charge in [0.1, 0.15) is 10.8 Å². The molecule has 0 saturated heterocycles. The molecule has 0 aliphatic carbocycles. The highest BCUT2D eigenvalue weighted by Gasteiger charge is 2.32. The van der Waals surface area contributed by atoms with Crippen LogP contribution in [0.1, 0.15) is 24.4 Å². The number of hydrogen-bond acceptors (Lipinski definition) is 4. The second-order valence-corrected chi connectivity index (χ2v) is 5.94. The lowest BCUT2D eigenvalue weighted by Gasteiger charge is -2.25. The number of thiazole rings is 1. The van der Waals surface area contributed by atoms with Gasteiger partial charge in [0.05, 0.1) is 16.1 Å². The minimum absolute atomic E-state index is 0.0792. The molecule has 0 bridgehead atoms. The molecule has 0 fully saturated rings. The monoisotopic (exact) mass is 321 g/mol. The van der Waals surface area contributed by atoms with Crippen LogP contribution < -0.4 is 5.32 Å². The second-order valence-electron chi connectivity index (χ2n) is 4.64. The van der Waals surface area contributed by atoms with E-state index in [1.807, 2.05) is 19.2 Å². The fourth-order valence-corrected chi connectivity index (χ4v) is 2.50. The average Bonchev–Trinajstić information content (AvgIpc) is 2.84. The number of nitrogens with zero attached hydrogens (tertiary/aromatic N) is 2. The molecule has 0 atom stereocenters. The third-order valence-electron chi connectivity index (χ3n) is 2.57. The third kappa shape index (κ3) is 3.21. The van der Waals surface area contributed by atoms with Crippen molar-refractivity contribution in [3.8, 4) is 0 Å². The molecule has 2 aromatic rings. The summed E-state index contributed by atoms with van der Waals surface area (Å²) in [4.78, 5) is 7.93. The number of nitrogens with one attached hydrogen (secondary N) is 1. The van der Waals surface area contributed by atoms with Crippen molar-refractivity contribution >= 4 is 28.8 Å². The molecule has 108 valence electrons. The van der Waals surface area contributed by atoms with Crippen molar-refractivity contribution in [3.63, 3.8) is 0 Å². The number of halogens is 4. The van der Waals surface area contributed by atoms with Gasteiger partial charge in [-0.1, -0.05) is 11.6 Å². The van der Waals surface area contributed by atoms with Crippen molar-refractivity contribution in [1.82, 2.24) is 9.97 Å². The van der Waals surface area contributed by atoms with Gasteiger partial charge in [-0.2, -0.15) is 13.2 Å². The average molecular weight is 322 g/mol. The molecule has 2 aromatic heterocycles. The predicted molar refractivity (Wildman–Crippen MR) is 73.0 cm³/mol. The zero-order valence-corrected chi connectivity index (χ0v) is 12.2. The van der Waals surface area contributed by atoms with Gasteiger partial charge in [0.25, 0.3) is 0 Å². The maximum absolute atomic E-state index is 12.5. The van der Waals surface area contributed by atoms with Crippen LogP contribution in [0.25, 0.3) is 0 Å². The van der Waals surface area contributed by atoms with Gasteiger partial charge in [-0.25, -0.2) is 9.97 Å². The molecule has 0 spiro atoms. The summed E-state index contributed by atoms with van der Waals surface area (Å²) in [5.41, 5.74) is -1.45. The predicted octanol–water partition coefficient (Wildman–Crippen LogP) is 4.56. The van der Waals surface area contributed by atoms with E-state index in [4.69, 9.17) is 11.6 Å². The zero-order chi connectivity index (χ0) is 15.0. The van der Waals surface area contributed by atoms with E-state index in [1.165, 1.54) is 11.3 Å². The number of hydrogen-bond donors (Lipinski definition) is 1. The van der Waals surface area contributed by atoms with Gasteiger partial charge >= 0.3 is 6.18 Å². The van der Waals surface area contributed by atoms with Crippen molar-refractivity contribution in [2.75, 3.05) is 5.32 Å². The lowest BCUT2D eigenvalue weighted by atomic mass is 10.1. The lowest BCUT2D eigenvalue weighted by molar-refractivity contribution is -0.137. The number of aromatic nitrogens is 2. The highest BCUT2D eigenvalue weighted by Crippen LogP contribution is 2.34. The fourth-order valence-electron chi connectivity index (χ4n) is 1.57. The van der Waals surface area contributed by atoms with Gasteiger partial charge in [-0.15, -0.1) is 11.3 Å². The number of anilines is 1. The quantitative estimate of drug-likeness (QED) is 0.900. The summed E-state index contributed by atoms with van der Waals surface area (Å²) in [5, 5.41) is 5.53. The molecule has 20 heavy (non-hydrogen) atoms. The summed E-state index contributed by atoms with van der Waals surface area (Å²) in [7, 11) is 0. The van der Waals surface area contributed by atoms with Crippen LogP contribution in [-0.4, -0.2) is 9.97 Å². The second kappa shape index (κ2) is 5.21. The first kappa shape index (κ1) is 15.1. The molecule has 0 aliphatic rings. The Hall–Kier alpha value is -1.34. The van der Waals surface area contributed by atoms with Crippen molar-refractivity contribution in [2.24, 2.45) is 0 Å². The SMILES string of the molecule is CC(C)(Nc1ncc(C(F)(F)F)cc1Cl)c1nccs1. The molecule has 0 unspecified atom stereocenters. The van der Waals surface area contributed by atoms with E-state index in [0.717, 1.165) is 17.3 Å². The molecular formula is C12H11ClF3N3S. The molecule has 3 nitrogen and oxygen atoms in total. The fraction of sp³-hybridized carbons (Fsp3) is 0.333. The molecule has 0 radical (unpaired) electrons. The van der Waals surface area contributed by atoms with Gasteiger partial charge in [-0.3, -0.25) is 0 Å². The van der Waals surface area contributed by atoms with Crippen molar-refractivity contribution < 1.29 is 13.2 Å². The Kier molecular flexibility index (Phi) is 3.93.